The van der Waals surface area contributed by atoms with Crippen LogP contribution in [0.5, 0.6) is 0 Å². The Balaban J connectivity index is 2.16. The minimum absolute atomic E-state index is 0.451. The van der Waals surface area contributed by atoms with E-state index in [1.807, 2.05) is 24.4 Å². The summed E-state index contributed by atoms with van der Waals surface area (Å²) in [4.78, 5) is 5.12. The highest BCUT2D eigenvalue weighted by Gasteiger charge is 1.90. The molecule has 2 nitrogen and oxygen atoms in total. The molecule has 14 heavy (non-hydrogen) atoms. The van der Waals surface area contributed by atoms with Crippen molar-refractivity contribution in [2.75, 3.05) is 6.61 Å². The third kappa shape index (κ3) is 4.65. The van der Waals surface area contributed by atoms with Gasteiger partial charge in [0.2, 0.25) is 0 Å². The Labute approximate surface area is 85.6 Å². The summed E-state index contributed by atoms with van der Waals surface area (Å²) in [5.74, 6) is 0.451. The van der Waals surface area contributed by atoms with Crippen LogP contribution in [0.25, 0.3) is 0 Å². The fraction of sp³-hybridized carbons (Fsp3) is 0.417. The standard InChI is InChI=1S/C12H17NO/c1-11(2)10-13-14-9-8-12-6-4-3-5-7-12/h3-7,10-11H,8-9H2,1-2H3/b13-10-. The van der Waals surface area contributed by atoms with Gasteiger partial charge in [-0.3, -0.25) is 0 Å². The lowest BCUT2D eigenvalue weighted by Crippen LogP contribution is -1.95. The summed E-state index contributed by atoms with van der Waals surface area (Å²) in [5.41, 5.74) is 1.28. The second kappa shape index (κ2) is 6.19. The maximum atomic E-state index is 5.12. The summed E-state index contributed by atoms with van der Waals surface area (Å²) in [6.07, 6.45) is 2.72. The zero-order chi connectivity index (χ0) is 10.2. The highest BCUT2D eigenvalue weighted by molar-refractivity contribution is 5.58. The molecule has 0 unspecified atom stereocenters. The molecule has 0 bridgehead atoms. The average molecular weight is 191 g/mol. The molecule has 76 valence electrons. The summed E-state index contributed by atoms with van der Waals surface area (Å²) in [6, 6.07) is 10.3. The third-order valence-electron chi connectivity index (χ3n) is 1.76. The van der Waals surface area contributed by atoms with Crippen LogP contribution in [0.15, 0.2) is 35.5 Å². The molecule has 0 fully saturated rings. The molecule has 0 saturated heterocycles. The minimum atomic E-state index is 0.451. The second-order valence-corrected chi connectivity index (χ2v) is 3.57. The van der Waals surface area contributed by atoms with Crippen LogP contribution in [0.1, 0.15) is 19.4 Å². The van der Waals surface area contributed by atoms with E-state index in [9.17, 15) is 0 Å². The summed E-state index contributed by atoms with van der Waals surface area (Å²) in [7, 11) is 0. The van der Waals surface area contributed by atoms with Crippen LogP contribution in [-0.2, 0) is 11.3 Å². The minimum Gasteiger partial charge on any atom is -0.396 e. The lowest BCUT2D eigenvalue weighted by molar-refractivity contribution is 0.148. The van der Waals surface area contributed by atoms with Crippen molar-refractivity contribution in [2.24, 2.45) is 11.1 Å². The quantitative estimate of drug-likeness (QED) is 0.398. The summed E-state index contributed by atoms with van der Waals surface area (Å²) in [6.45, 7) is 4.79. The van der Waals surface area contributed by atoms with Crippen LogP contribution in [0.4, 0.5) is 0 Å². The van der Waals surface area contributed by atoms with Crippen molar-refractivity contribution in [1.29, 1.82) is 0 Å². The zero-order valence-corrected chi connectivity index (χ0v) is 8.81. The maximum Gasteiger partial charge on any atom is 0.121 e. The van der Waals surface area contributed by atoms with Crippen molar-refractivity contribution in [3.8, 4) is 0 Å². The molecule has 1 aromatic rings. The summed E-state index contributed by atoms with van der Waals surface area (Å²) in [5, 5.41) is 3.86. The van der Waals surface area contributed by atoms with Gasteiger partial charge in [-0.2, -0.15) is 0 Å². The maximum absolute atomic E-state index is 5.12. The molecule has 0 heterocycles. The molecule has 0 aliphatic heterocycles. The van der Waals surface area contributed by atoms with Crippen LogP contribution in [0, 0.1) is 5.92 Å². The first-order chi connectivity index (χ1) is 6.79. The van der Waals surface area contributed by atoms with E-state index in [1.165, 1.54) is 5.56 Å². The largest absolute Gasteiger partial charge is 0.396 e. The van der Waals surface area contributed by atoms with E-state index in [2.05, 4.69) is 31.1 Å². The van der Waals surface area contributed by atoms with E-state index < -0.39 is 0 Å². The molecule has 1 rings (SSSR count). The molecule has 2 heteroatoms. The Morgan fingerprint density at radius 3 is 2.64 bits per heavy atom. The van der Waals surface area contributed by atoms with Crippen LogP contribution < -0.4 is 0 Å². The van der Waals surface area contributed by atoms with Crippen LogP contribution in [0.2, 0.25) is 0 Å². The number of hydrogen-bond donors (Lipinski definition) is 0. The Morgan fingerprint density at radius 1 is 1.29 bits per heavy atom. The Morgan fingerprint density at radius 2 is 2.00 bits per heavy atom. The van der Waals surface area contributed by atoms with Crippen molar-refractivity contribution < 1.29 is 4.84 Å². The highest BCUT2D eigenvalue weighted by atomic mass is 16.6. The van der Waals surface area contributed by atoms with Gasteiger partial charge >= 0.3 is 0 Å². The van der Waals surface area contributed by atoms with Crippen molar-refractivity contribution in [3.05, 3.63) is 35.9 Å². The molecule has 0 aliphatic rings. The molecule has 0 aliphatic carbocycles. The van der Waals surface area contributed by atoms with Crippen LogP contribution in [0.3, 0.4) is 0 Å². The highest BCUT2D eigenvalue weighted by Crippen LogP contribution is 1.99. The van der Waals surface area contributed by atoms with Gasteiger partial charge in [0.25, 0.3) is 0 Å². The van der Waals surface area contributed by atoms with Gasteiger partial charge in [-0.25, -0.2) is 0 Å². The van der Waals surface area contributed by atoms with E-state index in [1.54, 1.807) is 0 Å². The molecule has 0 spiro atoms. The van der Waals surface area contributed by atoms with Crippen LogP contribution in [-0.4, -0.2) is 12.8 Å². The van der Waals surface area contributed by atoms with Gasteiger partial charge in [0.1, 0.15) is 6.61 Å². The molecular weight excluding hydrogens is 174 g/mol. The zero-order valence-electron chi connectivity index (χ0n) is 8.81. The third-order valence-corrected chi connectivity index (χ3v) is 1.76. The van der Waals surface area contributed by atoms with Gasteiger partial charge in [-0.05, 0) is 11.5 Å². The lowest BCUT2D eigenvalue weighted by atomic mass is 10.2. The molecule has 0 aromatic heterocycles. The van der Waals surface area contributed by atoms with Gasteiger partial charge in [0.05, 0.1) is 0 Å². The molecule has 1 aromatic carbocycles. The van der Waals surface area contributed by atoms with E-state index in [-0.39, 0.29) is 0 Å². The van der Waals surface area contributed by atoms with E-state index in [0.29, 0.717) is 12.5 Å². The first-order valence-electron chi connectivity index (χ1n) is 4.98. The molecule has 0 saturated carbocycles. The van der Waals surface area contributed by atoms with Crippen molar-refractivity contribution in [2.45, 2.75) is 20.3 Å². The summed E-state index contributed by atoms with van der Waals surface area (Å²) >= 11 is 0. The van der Waals surface area contributed by atoms with E-state index in [4.69, 9.17) is 4.84 Å². The topological polar surface area (TPSA) is 21.6 Å². The lowest BCUT2D eigenvalue weighted by Gasteiger charge is -2.00. The van der Waals surface area contributed by atoms with Crippen molar-refractivity contribution in [3.63, 3.8) is 0 Å². The smallest absolute Gasteiger partial charge is 0.121 e. The average Bonchev–Trinajstić information content (AvgIpc) is 2.18. The van der Waals surface area contributed by atoms with Crippen molar-refractivity contribution >= 4 is 6.21 Å². The molecule has 0 N–H and O–H groups in total. The van der Waals surface area contributed by atoms with Gasteiger partial charge in [0.15, 0.2) is 0 Å². The van der Waals surface area contributed by atoms with Crippen molar-refractivity contribution in [1.82, 2.24) is 0 Å². The molecular formula is C12H17NO. The first kappa shape index (κ1) is 10.8. The van der Waals surface area contributed by atoms with E-state index in [0.717, 1.165) is 6.42 Å². The molecule has 0 radical (unpaired) electrons. The Bertz CT molecular complexity index is 267. The van der Waals surface area contributed by atoms with E-state index >= 15 is 0 Å². The molecule has 0 atom stereocenters. The van der Waals surface area contributed by atoms with Gasteiger partial charge in [0, 0.05) is 12.6 Å². The number of benzene rings is 1. The first-order valence-corrected chi connectivity index (χ1v) is 4.98. The number of oxime groups is 1. The molecule has 0 amide bonds. The second-order valence-electron chi connectivity index (χ2n) is 3.57. The Hall–Kier alpha value is -1.31. The number of rotatable bonds is 5. The predicted octanol–water partition coefficient (Wildman–Crippen LogP) is 2.89. The van der Waals surface area contributed by atoms with Crippen LogP contribution >= 0.6 is 0 Å². The monoisotopic (exact) mass is 191 g/mol. The van der Waals surface area contributed by atoms with Gasteiger partial charge < -0.3 is 4.84 Å². The fourth-order valence-corrected chi connectivity index (χ4v) is 1.03. The predicted molar refractivity (Wildman–Crippen MR) is 59.4 cm³/mol. The normalized spacial score (nSPS) is 11.1. The number of hydrogen-bond acceptors (Lipinski definition) is 2. The van der Waals surface area contributed by atoms with Gasteiger partial charge in [-0.15, -0.1) is 0 Å². The fourth-order valence-electron chi connectivity index (χ4n) is 1.03. The Kier molecular flexibility index (Phi) is 4.76. The summed E-state index contributed by atoms with van der Waals surface area (Å²) < 4.78 is 0. The number of nitrogens with zero attached hydrogens (tertiary/aromatic N) is 1. The SMILES string of the molecule is CC(C)/C=N\OCCc1ccccc1. The van der Waals surface area contributed by atoms with Gasteiger partial charge in [-0.1, -0.05) is 49.3 Å².